The van der Waals surface area contributed by atoms with E-state index >= 15 is 0 Å². The third-order valence-corrected chi connectivity index (χ3v) is 5.23. The van der Waals surface area contributed by atoms with Gasteiger partial charge in [0.1, 0.15) is 17.6 Å². The number of ether oxygens (including phenoxy) is 1. The molecule has 5 aromatic rings. The van der Waals surface area contributed by atoms with E-state index < -0.39 is 0 Å². The molecule has 0 aliphatic rings. The minimum Gasteiger partial charge on any atom is -0.452 e. The largest absolute Gasteiger partial charge is 0.452 e. The number of pyridine rings is 1. The first-order valence-corrected chi connectivity index (χ1v) is 10.0. The molecule has 5 rings (SSSR count). The molecule has 0 saturated carbocycles. The molecule has 1 aromatic carbocycles. The lowest BCUT2D eigenvalue weighted by molar-refractivity contribution is -0.578. The highest BCUT2D eigenvalue weighted by Gasteiger charge is 2.18. The number of carbonyl (C=O) groups is 1. The van der Waals surface area contributed by atoms with Gasteiger partial charge in [0.05, 0.1) is 10.5 Å². The molecule has 4 heterocycles. The molecular formula is C21H18ClN8O2+. The summed E-state index contributed by atoms with van der Waals surface area (Å²) in [6.45, 7) is 0. The lowest BCUT2D eigenvalue weighted by Crippen LogP contribution is -2.28. The number of rotatable bonds is 4. The van der Waals surface area contributed by atoms with Gasteiger partial charge < -0.3 is 19.9 Å². The molecular weight excluding hydrogens is 432 g/mol. The Bertz CT molecular complexity index is 1480. The lowest BCUT2D eigenvalue weighted by atomic mass is 10.3. The van der Waals surface area contributed by atoms with Crippen LogP contribution in [-0.2, 0) is 7.05 Å². The molecule has 32 heavy (non-hydrogen) atoms. The van der Waals surface area contributed by atoms with Gasteiger partial charge >= 0.3 is 11.7 Å². The number of hydrogen-bond acceptors (Lipinski definition) is 6. The zero-order valence-corrected chi connectivity index (χ0v) is 17.9. The maximum Gasteiger partial charge on any atom is 0.414 e. The summed E-state index contributed by atoms with van der Waals surface area (Å²) in [5.41, 5.74) is 3.10. The average Bonchev–Trinajstić information content (AvgIpc) is 3.39. The Labute approximate surface area is 187 Å². The number of aryl methyl sites for hydroxylation is 1. The highest BCUT2D eigenvalue weighted by molar-refractivity contribution is 6.32. The van der Waals surface area contributed by atoms with Crippen LogP contribution in [0.1, 0.15) is 0 Å². The summed E-state index contributed by atoms with van der Waals surface area (Å²) >= 11 is 6.47. The number of nitrogens with zero attached hydrogens (tertiary/aromatic N) is 6. The highest BCUT2D eigenvalue weighted by Crippen LogP contribution is 2.33. The molecule has 0 fully saturated rings. The van der Waals surface area contributed by atoms with Gasteiger partial charge in [0.2, 0.25) is 6.33 Å². The third-order valence-electron chi connectivity index (χ3n) is 4.93. The number of hydrogen-bond donors (Lipinski definition) is 2. The van der Waals surface area contributed by atoms with E-state index in [9.17, 15) is 4.79 Å². The Hall–Kier alpha value is -4.18. The summed E-state index contributed by atoms with van der Waals surface area (Å²) < 4.78 is 10.8. The fourth-order valence-corrected chi connectivity index (χ4v) is 3.60. The maximum absolute atomic E-state index is 11.9. The molecule has 0 saturated heterocycles. The van der Waals surface area contributed by atoms with Crippen LogP contribution in [-0.4, -0.2) is 37.3 Å². The van der Waals surface area contributed by atoms with Crippen molar-refractivity contribution in [1.29, 1.82) is 0 Å². The van der Waals surface area contributed by atoms with Crippen LogP contribution in [0.4, 0.5) is 16.3 Å². The van der Waals surface area contributed by atoms with Crippen molar-refractivity contribution >= 4 is 45.8 Å². The van der Waals surface area contributed by atoms with Crippen molar-refractivity contribution in [1.82, 2.24) is 29.5 Å². The van der Waals surface area contributed by atoms with Crippen LogP contribution >= 0.6 is 11.6 Å². The molecule has 4 aromatic heterocycles. The summed E-state index contributed by atoms with van der Waals surface area (Å²) in [6, 6.07) is 10.5. The van der Waals surface area contributed by atoms with E-state index in [1.54, 1.807) is 42.0 Å². The van der Waals surface area contributed by atoms with Gasteiger partial charge in [-0.2, -0.15) is 0 Å². The molecule has 10 nitrogen and oxygen atoms in total. The van der Waals surface area contributed by atoms with Crippen molar-refractivity contribution < 1.29 is 14.0 Å². The Morgan fingerprint density at radius 3 is 2.88 bits per heavy atom. The summed E-state index contributed by atoms with van der Waals surface area (Å²) in [6.07, 6.45) is 6.55. The summed E-state index contributed by atoms with van der Waals surface area (Å²) in [7, 11) is 3.50. The average molecular weight is 450 g/mol. The number of nitrogens with one attached hydrogen (secondary N) is 2. The molecule has 0 atom stereocenters. The van der Waals surface area contributed by atoms with Crippen molar-refractivity contribution in [2.24, 2.45) is 7.05 Å². The van der Waals surface area contributed by atoms with E-state index in [4.69, 9.17) is 16.3 Å². The molecule has 160 valence electrons. The maximum atomic E-state index is 11.9. The van der Waals surface area contributed by atoms with Gasteiger partial charge in [-0.15, -0.1) is 4.57 Å². The second-order valence-corrected chi connectivity index (χ2v) is 7.39. The van der Waals surface area contributed by atoms with Crippen LogP contribution < -0.4 is 19.9 Å². The zero-order valence-electron chi connectivity index (χ0n) is 17.2. The Morgan fingerprint density at radius 1 is 1.19 bits per heavy atom. The van der Waals surface area contributed by atoms with Gasteiger partial charge in [0.25, 0.3) is 0 Å². The smallest absolute Gasteiger partial charge is 0.414 e. The molecule has 0 radical (unpaired) electrons. The second kappa shape index (κ2) is 7.82. The number of amides is 1. The van der Waals surface area contributed by atoms with E-state index in [0.717, 1.165) is 16.7 Å². The summed E-state index contributed by atoms with van der Waals surface area (Å²) in [5.74, 6) is 1.68. The van der Waals surface area contributed by atoms with Crippen molar-refractivity contribution in [3.63, 3.8) is 0 Å². The Balaban J connectivity index is 1.39. The quantitative estimate of drug-likeness (QED) is 0.408. The molecule has 2 N–H and O–H groups in total. The summed E-state index contributed by atoms with van der Waals surface area (Å²) in [5, 5.41) is 10.5. The molecule has 0 aliphatic carbocycles. The zero-order chi connectivity index (χ0) is 22.2. The minimum absolute atomic E-state index is 0.281. The number of halogens is 1. The number of benzene rings is 1. The fourth-order valence-electron chi connectivity index (χ4n) is 3.39. The van der Waals surface area contributed by atoms with Crippen LogP contribution in [0, 0.1) is 0 Å². The van der Waals surface area contributed by atoms with Crippen molar-refractivity contribution in [2.45, 2.75) is 0 Å². The van der Waals surface area contributed by atoms with Crippen molar-refractivity contribution in [3.8, 4) is 11.5 Å². The lowest BCUT2D eigenvalue weighted by Gasteiger charge is -2.11. The molecule has 0 aliphatic heterocycles. The first kappa shape index (κ1) is 19.8. The van der Waals surface area contributed by atoms with Crippen LogP contribution in [0.3, 0.4) is 0 Å². The number of anilines is 2. The van der Waals surface area contributed by atoms with Crippen molar-refractivity contribution in [2.75, 3.05) is 12.4 Å². The van der Waals surface area contributed by atoms with Crippen molar-refractivity contribution in [3.05, 3.63) is 66.5 Å². The van der Waals surface area contributed by atoms with E-state index in [1.165, 1.54) is 17.2 Å². The second-order valence-electron chi connectivity index (χ2n) is 6.98. The first-order valence-electron chi connectivity index (χ1n) is 9.65. The van der Waals surface area contributed by atoms with E-state index in [0.29, 0.717) is 28.0 Å². The molecule has 0 spiro atoms. The summed E-state index contributed by atoms with van der Waals surface area (Å²) in [4.78, 5) is 20.5. The normalized spacial score (nSPS) is 11.1. The number of carbonyl (C=O) groups excluding carboxylic acids is 1. The first-order chi connectivity index (χ1) is 15.5. The van der Waals surface area contributed by atoms with E-state index in [-0.39, 0.29) is 6.03 Å². The van der Waals surface area contributed by atoms with Gasteiger partial charge in [-0.1, -0.05) is 16.1 Å². The minimum atomic E-state index is -0.281. The van der Waals surface area contributed by atoms with Crippen LogP contribution in [0.2, 0.25) is 5.02 Å². The van der Waals surface area contributed by atoms with Gasteiger partial charge in [-0.05, 0) is 35.4 Å². The highest BCUT2D eigenvalue weighted by atomic mass is 35.5. The molecule has 1 amide bonds. The SMILES string of the molecule is CNC(=O)n1cn[n+]2cc(Oc3ccc(Nc4ncnc5ccn(C)c45)cc3Cl)ccc12. The molecule has 0 bridgehead atoms. The Kier molecular flexibility index (Phi) is 4.83. The van der Waals surface area contributed by atoms with Crippen LogP contribution in [0.25, 0.3) is 16.7 Å². The molecule has 11 heteroatoms. The van der Waals surface area contributed by atoms with Crippen LogP contribution in [0.5, 0.6) is 11.5 Å². The van der Waals surface area contributed by atoms with E-state index in [1.807, 2.05) is 29.9 Å². The Morgan fingerprint density at radius 2 is 2.06 bits per heavy atom. The predicted molar refractivity (Wildman–Crippen MR) is 119 cm³/mol. The fraction of sp³-hybridized carbons (Fsp3) is 0.0952. The predicted octanol–water partition coefficient (Wildman–Crippen LogP) is 3.28. The number of aromatic nitrogens is 6. The molecule has 0 unspecified atom stereocenters. The third kappa shape index (κ3) is 3.46. The topological polar surface area (TPSA) is 103 Å². The number of fused-ring (bicyclic) bond motifs is 2. The standard InChI is InChI=1S/C21H17ClN8O2/c1-23-21(31)29-12-26-30-10-14(4-6-18(29)30)32-17-5-3-13(9-15(17)22)27-20-19-16(24-11-25-20)7-8-28(19)2/h3-12H,1-2H3,(H-,23,24,25,27,31)/p+1. The van der Waals surface area contributed by atoms with Gasteiger partial charge in [0.15, 0.2) is 17.8 Å². The van der Waals surface area contributed by atoms with Gasteiger partial charge in [-0.3, -0.25) is 0 Å². The van der Waals surface area contributed by atoms with Crippen LogP contribution in [0.15, 0.2) is 61.4 Å². The van der Waals surface area contributed by atoms with E-state index in [2.05, 4.69) is 25.7 Å². The monoisotopic (exact) mass is 449 g/mol. The van der Waals surface area contributed by atoms with Gasteiger partial charge in [-0.25, -0.2) is 14.8 Å². The van der Waals surface area contributed by atoms with Gasteiger partial charge in [0, 0.05) is 32.0 Å².